The third-order valence-corrected chi connectivity index (χ3v) is 1.85. The first-order valence-corrected chi connectivity index (χ1v) is 3.99. The zero-order valence-corrected chi connectivity index (χ0v) is 8.31. The molecule has 1 rings (SSSR count). The van der Waals surface area contributed by atoms with Crippen LogP contribution < -0.4 is 11.2 Å². The van der Waals surface area contributed by atoms with Gasteiger partial charge < -0.3 is 10.5 Å². The number of hydrogen-bond acceptors (Lipinski definition) is 5. The average Bonchev–Trinajstić information content (AvgIpc) is 2.52. The average molecular weight is 199 g/mol. The van der Waals surface area contributed by atoms with E-state index in [0.717, 1.165) is 0 Å². The van der Waals surface area contributed by atoms with E-state index in [9.17, 15) is 4.79 Å². The fourth-order valence-electron chi connectivity index (χ4n) is 0.667. The van der Waals surface area contributed by atoms with Crippen LogP contribution in [0.4, 0.5) is 5.95 Å². The van der Waals surface area contributed by atoms with Gasteiger partial charge >= 0.3 is 0 Å². The Morgan fingerprint density at radius 1 is 1.71 bits per heavy atom. The molecule has 0 bridgehead atoms. The standard InChI is InChI=1S/C7H13N5O2/c1-7(2,14-3)5(13)11-12-4-9-10-6(12)8/h4H,1-3H3,(H2,8,10)(H,11,13). The number of amides is 1. The molecule has 0 spiro atoms. The summed E-state index contributed by atoms with van der Waals surface area (Å²) in [5.74, 6) is -0.211. The summed E-state index contributed by atoms with van der Waals surface area (Å²) in [4.78, 5) is 11.5. The predicted molar refractivity (Wildman–Crippen MR) is 49.9 cm³/mol. The summed E-state index contributed by atoms with van der Waals surface area (Å²) in [6.45, 7) is 3.28. The Bertz CT molecular complexity index is 333. The van der Waals surface area contributed by atoms with Crippen LogP contribution >= 0.6 is 0 Å². The van der Waals surface area contributed by atoms with E-state index in [1.807, 2.05) is 0 Å². The number of carbonyl (C=O) groups excluding carboxylic acids is 1. The molecule has 0 saturated carbocycles. The maximum atomic E-state index is 11.5. The molecule has 78 valence electrons. The fraction of sp³-hybridized carbons (Fsp3) is 0.571. The van der Waals surface area contributed by atoms with E-state index >= 15 is 0 Å². The van der Waals surface area contributed by atoms with Crippen molar-refractivity contribution in [1.29, 1.82) is 0 Å². The van der Waals surface area contributed by atoms with Gasteiger partial charge in [0.1, 0.15) is 11.9 Å². The monoisotopic (exact) mass is 199 g/mol. The van der Waals surface area contributed by atoms with E-state index in [-0.39, 0.29) is 11.9 Å². The van der Waals surface area contributed by atoms with Gasteiger partial charge in [0.05, 0.1) is 0 Å². The second-order valence-electron chi connectivity index (χ2n) is 3.21. The molecule has 14 heavy (non-hydrogen) atoms. The SMILES string of the molecule is COC(C)(C)C(=O)Nn1cnnc1N. The molecule has 0 unspecified atom stereocenters. The molecule has 0 fully saturated rings. The van der Waals surface area contributed by atoms with Crippen molar-refractivity contribution in [2.24, 2.45) is 0 Å². The summed E-state index contributed by atoms with van der Waals surface area (Å²) in [6.07, 6.45) is 1.30. The molecule has 0 aliphatic carbocycles. The maximum absolute atomic E-state index is 11.5. The van der Waals surface area contributed by atoms with Crippen LogP contribution in [-0.2, 0) is 9.53 Å². The van der Waals surface area contributed by atoms with E-state index in [1.54, 1.807) is 13.8 Å². The lowest BCUT2D eigenvalue weighted by Crippen LogP contribution is -2.42. The number of rotatable bonds is 3. The van der Waals surface area contributed by atoms with Crippen LogP contribution in [0.25, 0.3) is 0 Å². The summed E-state index contributed by atoms with van der Waals surface area (Å²) >= 11 is 0. The number of nitrogens with zero attached hydrogens (tertiary/aromatic N) is 3. The Kier molecular flexibility index (Phi) is 2.70. The molecule has 0 atom stereocenters. The highest BCUT2D eigenvalue weighted by Crippen LogP contribution is 2.08. The molecule has 1 amide bonds. The molecule has 0 aromatic carbocycles. The summed E-state index contributed by atoms with van der Waals surface area (Å²) in [5, 5.41) is 7.03. The Morgan fingerprint density at radius 3 is 2.79 bits per heavy atom. The molecule has 0 radical (unpaired) electrons. The van der Waals surface area contributed by atoms with Gasteiger partial charge in [-0.15, -0.1) is 10.2 Å². The van der Waals surface area contributed by atoms with Gasteiger partial charge in [0.25, 0.3) is 5.91 Å². The number of aromatic nitrogens is 3. The maximum Gasteiger partial charge on any atom is 0.270 e. The second-order valence-corrected chi connectivity index (χ2v) is 3.21. The first-order chi connectivity index (χ1) is 6.47. The highest BCUT2D eigenvalue weighted by atomic mass is 16.5. The normalized spacial score (nSPS) is 11.4. The molecule has 0 aliphatic rings. The van der Waals surface area contributed by atoms with Crippen LogP contribution in [0, 0.1) is 0 Å². The first kappa shape index (κ1) is 10.5. The second kappa shape index (κ2) is 3.62. The van der Waals surface area contributed by atoms with Crippen LogP contribution in [0.15, 0.2) is 6.33 Å². The molecule has 1 aromatic rings. The number of anilines is 1. The number of nitrogen functional groups attached to an aromatic ring is 1. The number of hydrogen-bond donors (Lipinski definition) is 2. The minimum Gasteiger partial charge on any atom is -0.369 e. The summed E-state index contributed by atoms with van der Waals surface area (Å²) in [5.41, 5.74) is 6.97. The van der Waals surface area contributed by atoms with Crippen LogP contribution in [0.5, 0.6) is 0 Å². The molecule has 1 heterocycles. The Morgan fingerprint density at radius 2 is 2.36 bits per heavy atom. The minimum atomic E-state index is -0.920. The van der Waals surface area contributed by atoms with Crippen molar-refractivity contribution in [3.63, 3.8) is 0 Å². The van der Waals surface area contributed by atoms with Crippen molar-refractivity contribution >= 4 is 11.9 Å². The van der Waals surface area contributed by atoms with Crippen LogP contribution in [0.3, 0.4) is 0 Å². The fourth-order valence-corrected chi connectivity index (χ4v) is 0.667. The number of ether oxygens (including phenoxy) is 1. The number of nitrogens with one attached hydrogen (secondary N) is 1. The van der Waals surface area contributed by atoms with Gasteiger partial charge in [-0.2, -0.15) is 0 Å². The number of methoxy groups -OCH3 is 1. The van der Waals surface area contributed by atoms with E-state index in [0.29, 0.717) is 0 Å². The van der Waals surface area contributed by atoms with Crippen molar-refractivity contribution in [3.05, 3.63) is 6.33 Å². The van der Waals surface area contributed by atoms with Gasteiger partial charge in [-0.05, 0) is 13.8 Å². The Hall–Kier alpha value is -1.63. The van der Waals surface area contributed by atoms with Crippen LogP contribution in [-0.4, -0.2) is 33.5 Å². The molecular weight excluding hydrogens is 186 g/mol. The van der Waals surface area contributed by atoms with Gasteiger partial charge in [-0.1, -0.05) is 0 Å². The number of nitrogens with two attached hydrogens (primary N) is 1. The van der Waals surface area contributed by atoms with Gasteiger partial charge in [0.15, 0.2) is 0 Å². The highest BCUT2D eigenvalue weighted by molar-refractivity contribution is 5.91. The molecule has 3 N–H and O–H groups in total. The molecule has 0 aliphatic heterocycles. The summed E-state index contributed by atoms with van der Waals surface area (Å²) < 4.78 is 6.21. The van der Waals surface area contributed by atoms with Crippen LogP contribution in [0.2, 0.25) is 0 Å². The zero-order valence-electron chi connectivity index (χ0n) is 8.31. The topological polar surface area (TPSA) is 95.1 Å². The summed E-state index contributed by atoms with van der Waals surface area (Å²) in [6, 6.07) is 0. The van der Waals surface area contributed by atoms with Gasteiger partial charge in [-0.25, -0.2) is 4.68 Å². The van der Waals surface area contributed by atoms with Gasteiger partial charge in [-0.3, -0.25) is 10.2 Å². The molecular formula is C7H13N5O2. The molecule has 7 heteroatoms. The zero-order chi connectivity index (χ0) is 10.8. The van der Waals surface area contributed by atoms with E-state index < -0.39 is 5.60 Å². The van der Waals surface area contributed by atoms with Crippen LogP contribution in [0.1, 0.15) is 13.8 Å². The van der Waals surface area contributed by atoms with E-state index in [4.69, 9.17) is 10.5 Å². The molecule has 1 aromatic heterocycles. The Balaban J connectivity index is 2.71. The van der Waals surface area contributed by atoms with Crippen molar-refractivity contribution < 1.29 is 9.53 Å². The predicted octanol–water partition coefficient (Wildman–Crippen LogP) is -0.645. The van der Waals surface area contributed by atoms with Crippen molar-refractivity contribution in [2.45, 2.75) is 19.4 Å². The third kappa shape index (κ3) is 1.99. The Labute approximate surface area is 81.2 Å². The number of carbonyl (C=O) groups is 1. The highest BCUT2D eigenvalue weighted by Gasteiger charge is 2.27. The first-order valence-electron chi connectivity index (χ1n) is 3.99. The van der Waals surface area contributed by atoms with Crippen molar-refractivity contribution in [3.8, 4) is 0 Å². The molecule has 7 nitrogen and oxygen atoms in total. The van der Waals surface area contributed by atoms with E-state index in [1.165, 1.54) is 18.1 Å². The summed E-state index contributed by atoms with van der Waals surface area (Å²) in [7, 11) is 1.45. The molecule has 0 saturated heterocycles. The lowest BCUT2D eigenvalue weighted by atomic mass is 10.1. The van der Waals surface area contributed by atoms with Gasteiger partial charge in [0.2, 0.25) is 5.95 Å². The minimum absolute atomic E-state index is 0.116. The largest absolute Gasteiger partial charge is 0.369 e. The lowest BCUT2D eigenvalue weighted by molar-refractivity contribution is -0.134. The van der Waals surface area contributed by atoms with E-state index in [2.05, 4.69) is 15.6 Å². The lowest BCUT2D eigenvalue weighted by Gasteiger charge is -2.21. The van der Waals surface area contributed by atoms with Crippen molar-refractivity contribution in [1.82, 2.24) is 14.9 Å². The third-order valence-electron chi connectivity index (χ3n) is 1.85. The quantitative estimate of drug-likeness (QED) is 0.674. The van der Waals surface area contributed by atoms with Gasteiger partial charge in [0, 0.05) is 7.11 Å². The van der Waals surface area contributed by atoms with Crippen molar-refractivity contribution in [2.75, 3.05) is 18.3 Å². The smallest absolute Gasteiger partial charge is 0.270 e.